The molecular formula is C16H30N2O3. The molecule has 21 heavy (non-hydrogen) atoms. The maximum atomic E-state index is 12.0. The smallest absolute Gasteiger partial charge is 0.315 e. The fourth-order valence-electron chi connectivity index (χ4n) is 3.03. The zero-order chi connectivity index (χ0) is 15.7. The number of nitrogens with one attached hydrogen (secondary N) is 2. The van der Waals surface area contributed by atoms with E-state index in [1.807, 2.05) is 0 Å². The molecule has 0 unspecified atom stereocenters. The molecule has 1 saturated carbocycles. The zero-order valence-corrected chi connectivity index (χ0v) is 13.4. The van der Waals surface area contributed by atoms with Crippen molar-refractivity contribution in [2.75, 3.05) is 6.54 Å². The molecule has 1 aliphatic rings. The topological polar surface area (TPSA) is 78.4 Å². The minimum atomic E-state index is -0.839. The standard InChI is InChI=1S/C16H30N2O3/c1-13(2)8-4-7-11-17-15(21)18-16(12-14(19)20)9-5-3-6-10-16/h13H,3-12H2,1-2H3,(H,19,20)(H2,17,18,21). The Morgan fingerprint density at radius 2 is 1.81 bits per heavy atom. The van der Waals surface area contributed by atoms with E-state index in [-0.39, 0.29) is 12.5 Å². The van der Waals surface area contributed by atoms with E-state index in [4.69, 9.17) is 5.11 Å². The largest absolute Gasteiger partial charge is 0.481 e. The van der Waals surface area contributed by atoms with Crippen LogP contribution in [0, 0.1) is 5.92 Å². The molecule has 0 atom stereocenters. The number of hydrogen-bond donors (Lipinski definition) is 3. The highest BCUT2D eigenvalue weighted by atomic mass is 16.4. The molecule has 0 bridgehead atoms. The van der Waals surface area contributed by atoms with Gasteiger partial charge in [-0.1, -0.05) is 46.0 Å². The Morgan fingerprint density at radius 3 is 2.38 bits per heavy atom. The van der Waals surface area contributed by atoms with E-state index >= 15 is 0 Å². The zero-order valence-electron chi connectivity index (χ0n) is 13.4. The third kappa shape index (κ3) is 7.34. The molecule has 0 heterocycles. The van der Waals surface area contributed by atoms with Gasteiger partial charge < -0.3 is 15.7 Å². The van der Waals surface area contributed by atoms with Crippen LogP contribution in [0.15, 0.2) is 0 Å². The first-order chi connectivity index (χ1) is 9.93. The fourth-order valence-corrected chi connectivity index (χ4v) is 3.03. The van der Waals surface area contributed by atoms with Crippen LogP contribution >= 0.6 is 0 Å². The second kappa shape index (κ2) is 8.90. The second-order valence-electron chi connectivity index (χ2n) is 6.68. The van der Waals surface area contributed by atoms with E-state index in [9.17, 15) is 9.59 Å². The molecule has 0 saturated heterocycles. The van der Waals surface area contributed by atoms with Gasteiger partial charge in [0.15, 0.2) is 0 Å². The quantitative estimate of drug-likeness (QED) is 0.602. The number of carboxylic acids is 1. The lowest BCUT2D eigenvalue weighted by Crippen LogP contribution is -2.54. The van der Waals surface area contributed by atoms with E-state index in [0.717, 1.165) is 44.9 Å². The summed E-state index contributed by atoms with van der Waals surface area (Å²) < 4.78 is 0. The van der Waals surface area contributed by atoms with Crippen molar-refractivity contribution in [3.8, 4) is 0 Å². The first-order valence-corrected chi connectivity index (χ1v) is 8.21. The third-order valence-corrected chi connectivity index (χ3v) is 4.17. The van der Waals surface area contributed by atoms with Crippen LogP contribution in [0.3, 0.4) is 0 Å². The Balaban J connectivity index is 2.33. The van der Waals surface area contributed by atoms with Crippen LogP contribution in [0.1, 0.15) is 71.6 Å². The highest BCUT2D eigenvalue weighted by Gasteiger charge is 2.35. The summed E-state index contributed by atoms with van der Waals surface area (Å²) >= 11 is 0. The summed E-state index contributed by atoms with van der Waals surface area (Å²) in [6, 6.07) is -0.220. The van der Waals surface area contributed by atoms with Crippen LogP contribution < -0.4 is 10.6 Å². The minimum absolute atomic E-state index is 0.0216. The summed E-state index contributed by atoms with van der Waals surface area (Å²) in [5.74, 6) is -0.144. The van der Waals surface area contributed by atoms with Crippen LogP contribution in [0.25, 0.3) is 0 Å². The number of amides is 2. The normalized spacial score (nSPS) is 17.5. The first-order valence-electron chi connectivity index (χ1n) is 8.21. The van der Waals surface area contributed by atoms with E-state index < -0.39 is 11.5 Å². The Kier molecular flexibility index (Phi) is 7.54. The number of carbonyl (C=O) groups is 2. The molecule has 0 radical (unpaired) electrons. The Bertz CT molecular complexity index is 336. The van der Waals surface area contributed by atoms with Crippen LogP contribution in [0.4, 0.5) is 4.79 Å². The van der Waals surface area contributed by atoms with E-state index in [1.54, 1.807) is 0 Å². The van der Waals surface area contributed by atoms with Crippen molar-refractivity contribution in [1.82, 2.24) is 10.6 Å². The van der Waals surface area contributed by atoms with Gasteiger partial charge in [0, 0.05) is 6.54 Å². The summed E-state index contributed by atoms with van der Waals surface area (Å²) in [4.78, 5) is 23.0. The molecule has 0 spiro atoms. The molecule has 0 aliphatic heterocycles. The predicted molar refractivity (Wildman–Crippen MR) is 83.3 cm³/mol. The number of unbranched alkanes of at least 4 members (excludes halogenated alkanes) is 1. The Morgan fingerprint density at radius 1 is 1.14 bits per heavy atom. The van der Waals surface area contributed by atoms with Crippen LogP contribution in [-0.4, -0.2) is 29.2 Å². The molecule has 5 heteroatoms. The number of aliphatic carboxylic acids is 1. The lowest BCUT2D eigenvalue weighted by atomic mass is 9.79. The van der Waals surface area contributed by atoms with Crippen LogP contribution in [-0.2, 0) is 4.79 Å². The maximum Gasteiger partial charge on any atom is 0.315 e. The third-order valence-electron chi connectivity index (χ3n) is 4.17. The number of hydrogen-bond acceptors (Lipinski definition) is 2. The average Bonchev–Trinajstić information content (AvgIpc) is 2.37. The van der Waals surface area contributed by atoms with Crippen molar-refractivity contribution in [1.29, 1.82) is 0 Å². The van der Waals surface area contributed by atoms with E-state index in [2.05, 4.69) is 24.5 Å². The molecule has 0 aromatic rings. The highest BCUT2D eigenvalue weighted by Crippen LogP contribution is 2.31. The lowest BCUT2D eigenvalue weighted by molar-refractivity contribution is -0.139. The van der Waals surface area contributed by atoms with E-state index in [1.165, 1.54) is 6.42 Å². The van der Waals surface area contributed by atoms with Gasteiger partial charge in [-0.15, -0.1) is 0 Å². The van der Waals surface area contributed by atoms with Gasteiger partial charge in [0.25, 0.3) is 0 Å². The second-order valence-corrected chi connectivity index (χ2v) is 6.68. The maximum absolute atomic E-state index is 12.0. The van der Waals surface area contributed by atoms with Gasteiger partial charge in [-0.3, -0.25) is 4.79 Å². The number of urea groups is 1. The summed E-state index contributed by atoms with van der Waals surface area (Å²) in [7, 11) is 0. The predicted octanol–water partition coefficient (Wildman–Crippen LogP) is 3.29. The summed E-state index contributed by atoms with van der Waals surface area (Å²) in [5, 5.41) is 14.9. The van der Waals surface area contributed by atoms with Crippen molar-refractivity contribution < 1.29 is 14.7 Å². The van der Waals surface area contributed by atoms with Crippen molar-refractivity contribution in [2.24, 2.45) is 5.92 Å². The van der Waals surface area contributed by atoms with Crippen molar-refractivity contribution in [2.45, 2.75) is 77.2 Å². The van der Waals surface area contributed by atoms with Gasteiger partial charge in [0.2, 0.25) is 0 Å². The van der Waals surface area contributed by atoms with E-state index in [0.29, 0.717) is 12.5 Å². The Labute approximate surface area is 127 Å². The highest BCUT2D eigenvalue weighted by molar-refractivity contribution is 5.76. The van der Waals surface area contributed by atoms with Crippen LogP contribution in [0.2, 0.25) is 0 Å². The molecule has 5 nitrogen and oxygen atoms in total. The molecule has 0 aromatic heterocycles. The van der Waals surface area contributed by atoms with Crippen molar-refractivity contribution in [3.63, 3.8) is 0 Å². The molecule has 0 aromatic carbocycles. The summed E-state index contributed by atoms with van der Waals surface area (Å²) in [5.41, 5.74) is -0.550. The molecule has 1 rings (SSSR count). The lowest BCUT2D eigenvalue weighted by Gasteiger charge is -2.36. The van der Waals surface area contributed by atoms with Crippen molar-refractivity contribution in [3.05, 3.63) is 0 Å². The van der Waals surface area contributed by atoms with Gasteiger partial charge in [0.05, 0.1) is 12.0 Å². The molecular weight excluding hydrogens is 268 g/mol. The average molecular weight is 298 g/mol. The molecule has 122 valence electrons. The number of carbonyl (C=O) groups excluding carboxylic acids is 1. The molecule has 3 N–H and O–H groups in total. The minimum Gasteiger partial charge on any atom is -0.481 e. The molecule has 1 aliphatic carbocycles. The monoisotopic (exact) mass is 298 g/mol. The van der Waals surface area contributed by atoms with Crippen molar-refractivity contribution >= 4 is 12.0 Å². The SMILES string of the molecule is CC(C)CCCCNC(=O)NC1(CC(=O)O)CCCCC1. The Hall–Kier alpha value is -1.26. The van der Waals surface area contributed by atoms with Crippen LogP contribution in [0.5, 0.6) is 0 Å². The summed E-state index contributed by atoms with van der Waals surface area (Å²) in [6.45, 7) is 5.04. The molecule has 2 amide bonds. The first kappa shape index (κ1) is 17.8. The fraction of sp³-hybridized carbons (Fsp3) is 0.875. The number of rotatable bonds is 8. The van der Waals surface area contributed by atoms with Gasteiger partial charge in [-0.05, 0) is 25.2 Å². The number of carboxylic acid groups (broad SMARTS) is 1. The van der Waals surface area contributed by atoms with Gasteiger partial charge in [0.1, 0.15) is 0 Å². The van der Waals surface area contributed by atoms with Gasteiger partial charge in [-0.25, -0.2) is 4.79 Å². The molecule has 1 fully saturated rings. The van der Waals surface area contributed by atoms with Gasteiger partial charge >= 0.3 is 12.0 Å². The summed E-state index contributed by atoms with van der Waals surface area (Å²) in [6.07, 6.45) is 7.90. The van der Waals surface area contributed by atoms with Gasteiger partial charge in [-0.2, -0.15) is 0 Å².